The Morgan fingerprint density at radius 2 is 1.88 bits per heavy atom. The van der Waals surface area contributed by atoms with Gasteiger partial charge >= 0.3 is 6.18 Å². The van der Waals surface area contributed by atoms with E-state index >= 15 is 0 Å². The van der Waals surface area contributed by atoms with E-state index in [4.69, 9.17) is 5.26 Å². The number of anilines is 1. The molecule has 2 aromatic rings. The van der Waals surface area contributed by atoms with E-state index < -0.39 is 34.7 Å². The summed E-state index contributed by atoms with van der Waals surface area (Å²) in [4.78, 5) is 12.1. The second kappa shape index (κ2) is 7.49. The number of hydrogen-bond acceptors (Lipinski definition) is 2. The zero-order valence-electron chi connectivity index (χ0n) is 12.4. The molecule has 1 N–H and O–H groups in total. The molecule has 0 aliphatic rings. The summed E-state index contributed by atoms with van der Waals surface area (Å²) >= 11 is 2.97. The Hall–Kier alpha value is -2.66. The van der Waals surface area contributed by atoms with Crippen LogP contribution >= 0.6 is 15.9 Å². The summed E-state index contributed by atoms with van der Waals surface area (Å²) in [5, 5.41) is 11.2. The number of carbonyl (C=O) groups is 1. The van der Waals surface area contributed by atoms with E-state index in [-0.39, 0.29) is 4.47 Å². The van der Waals surface area contributed by atoms with Crippen LogP contribution in [0.4, 0.5) is 23.2 Å². The number of halogens is 5. The maximum atomic E-state index is 13.2. The van der Waals surface area contributed by atoms with Gasteiger partial charge in [-0.3, -0.25) is 4.79 Å². The van der Waals surface area contributed by atoms with Crippen molar-refractivity contribution in [2.75, 3.05) is 5.32 Å². The molecule has 2 rings (SSSR count). The normalized spacial score (nSPS) is 11.8. The number of benzene rings is 2. The van der Waals surface area contributed by atoms with Crippen molar-refractivity contribution in [3.05, 3.63) is 69.5 Å². The number of carbonyl (C=O) groups excluding carboxylic acids is 1. The number of rotatable bonds is 3. The van der Waals surface area contributed by atoms with Gasteiger partial charge in [0.05, 0.1) is 15.7 Å². The number of hydrogen-bond donors (Lipinski definition) is 1. The summed E-state index contributed by atoms with van der Waals surface area (Å²) in [5.74, 6) is -1.53. The van der Waals surface area contributed by atoms with Crippen LogP contribution in [0.1, 0.15) is 11.1 Å². The van der Waals surface area contributed by atoms with Crippen molar-refractivity contribution >= 4 is 33.6 Å². The van der Waals surface area contributed by atoms with Gasteiger partial charge in [-0.05, 0) is 51.8 Å². The van der Waals surface area contributed by atoms with Gasteiger partial charge in [0.1, 0.15) is 17.5 Å². The summed E-state index contributed by atoms with van der Waals surface area (Å²) in [6.07, 6.45) is -3.50. The highest BCUT2D eigenvalue weighted by atomic mass is 79.9. The lowest BCUT2D eigenvalue weighted by atomic mass is 10.1. The van der Waals surface area contributed by atoms with E-state index in [1.807, 2.05) is 0 Å². The highest BCUT2D eigenvalue weighted by molar-refractivity contribution is 9.10. The van der Waals surface area contributed by atoms with E-state index in [2.05, 4.69) is 21.2 Å². The van der Waals surface area contributed by atoms with E-state index in [1.54, 1.807) is 6.07 Å². The lowest BCUT2D eigenvalue weighted by molar-refractivity contribution is -0.137. The third kappa shape index (κ3) is 4.67. The predicted octanol–water partition coefficient (Wildman–Crippen LogP) is 5.15. The smallest absolute Gasteiger partial charge is 0.321 e. The highest BCUT2D eigenvalue weighted by Crippen LogP contribution is 2.34. The van der Waals surface area contributed by atoms with Gasteiger partial charge in [-0.15, -0.1) is 0 Å². The lowest BCUT2D eigenvalue weighted by Gasteiger charge is -2.13. The molecule has 25 heavy (non-hydrogen) atoms. The van der Waals surface area contributed by atoms with Crippen LogP contribution in [0.3, 0.4) is 0 Å². The molecule has 0 aliphatic carbocycles. The van der Waals surface area contributed by atoms with E-state index in [0.717, 1.165) is 24.3 Å². The third-order valence-corrected chi connectivity index (χ3v) is 3.71. The zero-order chi connectivity index (χ0) is 18.6. The summed E-state index contributed by atoms with van der Waals surface area (Å²) in [6.45, 7) is 0. The van der Waals surface area contributed by atoms with Gasteiger partial charge in [-0.1, -0.05) is 18.2 Å². The SMILES string of the molecule is N#C/C(=C\c1ccc(F)c(Br)c1)C(=O)Nc1ccccc1C(F)(F)F. The summed E-state index contributed by atoms with van der Waals surface area (Å²) in [6, 6.07) is 9.84. The minimum absolute atomic E-state index is 0.126. The minimum Gasteiger partial charge on any atom is -0.321 e. The second-order valence-corrected chi connectivity index (χ2v) is 5.70. The fourth-order valence-corrected chi connectivity index (χ4v) is 2.34. The molecule has 0 spiro atoms. The number of amides is 1. The molecular weight excluding hydrogens is 404 g/mol. The number of nitrogens with one attached hydrogen (secondary N) is 1. The average Bonchev–Trinajstić information content (AvgIpc) is 2.55. The van der Waals surface area contributed by atoms with Gasteiger partial charge in [0.2, 0.25) is 0 Å². The van der Waals surface area contributed by atoms with Crippen molar-refractivity contribution in [2.45, 2.75) is 6.18 Å². The molecule has 0 atom stereocenters. The van der Waals surface area contributed by atoms with Gasteiger partial charge < -0.3 is 5.32 Å². The average molecular weight is 413 g/mol. The second-order valence-electron chi connectivity index (χ2n) is 4.84. The Labute approximate surface area is 148 Å². The van der Waals surface area contributed by atoms with Crippen molar-refractivity contribution in [3.8, 4) is 6.07 Å². The molecule has 1 amide bonds. The monoisotopic (exact) mass is 412 g/mol. The molecule has 0 radical (unpaired) electrons. The molecule has 8 heteroatoms. The molecule has 0 unspecified atom stereocenters. The molecule has 128 valence electrons. The van der Waals surface area contributed by atoms with Crippen molar-refractivity contribution in [1.29, 1.82) is 5.26 Å². The van der Waals surface area contributed by atoms with Crippen LogP contribution in [-0.2, 0) is 11.0 Å². The molecule has 0 fully saturated rings. The molecule has 0 heterocycles. The first-order chi connectivity index (χ1) is 11.7. The number of nitriles is 1. The van der Waals surface area contributed by atoms with Gasteiger partial charge in [-0.2, -0.15) is 18.4 Å². The van der Waals surface area contributed by atoms with Gasteiger partial charge in [-0.25, -0.2) is 4.39 Å². The molecule has 0 aromatic heterocycles. The molecule has 3 nitrogen and oxygen atoms in total. The fraction of sp³-hybridized carbons (Fsp3) is 0.0588. The van der Waals surface area contributed by atoms with E-state index in [0.29, 0.717) is 5.56 Å². The Balaban J connectivity index is 2.32. The van der Waals surface area contributed by atoms with Crippen LogP contribution in [0.15, 0.2) is 52.5 Å². The quantitative estimate of drug-likeness (QED) is 0.430. The first-order valence-electron chi connectivity index (χ1n) is 6.77. The van der Waals surface area contributed by atoms with Crippen molar-refractivity contribution in [1.82, 2.24) is 0 Å². The molecule has 0 saturated heterocycles. The fourth-order valence-electron chi connectivity index (χ4n) is 1.95. The summed E-state index contributed by atoms with van der Waals surface area (Å²) in [7, 11) is 0. The van der Waals surface area contributed by atoms with Crippen LogP contribution in [0, 0.1) is 17.1 Å². The maximum Gasteiger partial charge on any atom is 0.418 e. The topological polar surface area (TPSA) is 52.9 Å². The lowest BCUT2D eigenvalue weighted by Crippen LogP contribution is -2.17. The summed E-state index contributed by atoms with van der Waals surface area (Å²) < 4.78 is 52.1. The van der Waals surface area contributed by atoms with Crippen molar-refractivity contribution < 1.29 is 22.4 Å². The highest BCUT2D eigenvalue weighted by Gasteiger charge is 2.33. The standard InChI is InChI=1S/C17H9BrF4N2O/c18-13-8-10(5-6-14(13)19)7-11(9-23)16(25)24-15-4-2-1-3-12(15)17(20,21)22/h1-8H,(H,24,25)/b11-7+. The first kappa shape index (κ1) is 18.7. The van der Waals surface area contributed by atoms with Crippen molar-refractivity contribution in [2.24, 2.45) is 0 Å². The minimum atomic E-state index is -4.65. The predicted molar refractivity (Wildman–Crippen MR) is 87.8 cm³/mol. The van der Waals surface area contributed by atoms with Crippen LogP contribution < -0.4 is 5.32 Å². The molecule has 0 aliphatic heterocycles. The van der Waals surface area contributed by atoms with Crippen molar-refractivity contribution in [3.63, 3.8) is 0 Å². The number of alkyl halides is 3. The van der Waals surface area contributed by atoms with E-state index in [9.17, 15) is 22.4 Å². The van der Waals surface area contributed by atoms with Crippen LogP contribution in [0.2, 0.25) is 0 Å². The molecule has 0 bridgehead atoms. The van der Waals surface area contributed by atoms with Crippen LogP contribution in [0.25, 0.3) is 6.08 Å². The Bertz CT molecular complexity index is 885. The number of nitrogens with zero attached hydrogens (tertiary/aromatic N) is 1. The van der Waals surface area contributed by atoms with Crippen LogP contribution in [-0.4, -0.2) is 5.91 Å². The van der Waals surface area contributed by atoms with Gasteiger partial charge in [0.15, 0.2) is 0 Å². The Kier molecular flexibility index (Phi) is 5.59. The summed E-state index contributed by atoms with van der Waals surface area (Å²) in [5.41, 5.74) is -1.56. The Morgan fingerprint density at radius 1 is 1.20 bits per heavy atom. The van der Waals surface area contributed by atoms with E-state index in [1.165, 1.54) is 24.3 Å². The third-order valence-electron chi connectivity index (χ3n) is 3.10. The largest absolute Gasteiger partial charge is 0.418 e. The molecular formula is C17H9BrF4N2O. The van der Waals surface area contributed by atoms with Gasteiger partial charge in [0, 0.05) is 0 Å². The first-order valence-corrected chi connectivity index (χ1v) is 7.56. The molecule has 0 saturated carbocycles. The number of para-hydroxylation sites is 1. The maximum absolute atomic E-state index is 13.2. The van der Waals surface area contributed by atoms with Crippen LogP contribution in [0.5, 0.6) is 0 Å². The molecule has 2 aromatic carbocycles. The Morgan fingerprint density at radius 3 is 2.48 bits per heavy atom. The zero-order valence-corrected chi connectivity index (χ0v) is 14.0. The van der Waals surface area contributed by atoms with Gasteiger partial charge in [0.25, 0.3) is 5.91 Å².